The molecular weight excluding hydrogens is 256 g/mol. The molecule has 4 fully saturated rings. The van der Waals surface area contributed by atoms with Crippen molar-refractivity contribution in [3.8, 4) is 0 Å². The second kappa shape index (κ2) is 3.96. The lowest BCUT2D eigenvalue weighted by Gasteiger charge is -2.68. The fourth-order valence-electron chi connectivity index (χ4n) is 7.57. The molecule has 1 heteroatoms. The maximum atomic E-state index is 12.0. The smallest absolute Gasteiger partial charge is 0.0763 e. The molecule has 0 heterocycles. The standard InChI is InChI=1S/C20H32O/c1-14-12-19-10-7-16-17(2,3)8-5-9-18(16,4)20(19,21)11-6-15(14)13-19/h15-16,21H,1,5-13H2,2-4H3. The second-order valence-electron chi connectivity index (χ2n) is 9.77. The van der Waals surface area contributed by atoms with Gasteiger partial charge in [-0.3, -0.25) is 0 Å². The molecule has 0 aromatic carbocycles. The van der Waals surface area contributed by atoms with E-state index in [4.69, 9.17) is 0 Å². The number of fused-ring (bicyclic) bond motifs is 3. The van der Waals surface area contributed by atoms with Crippen molar-refractivity contribution >= 4 is 0 Å². The monoisotopic (exact) mass is 288 g/mol. The lowest BCUT2D eigenvalue weighted by Crippen LogP contribution is -2.67. The Morgan fingerprint density at radius 3 is 2.57 bits per heavy atom. The van der Waals surface area contributed by atoms with Gasteiger partial charge in [0.1, 0.15) is 0 Å². The fraction of sp³-hybridized carbons (Fsp3) is 0.900. The summed E-state index contributed by atoms with van der Waals surface area (Å²) in [7, 11) is 0. The molecule has 21 heavy (non-hydrogen) atoms. The van der Waals surface area contributed by atoms with Gasteiger partial charge in [0.2, 0.25) is 0 Å². The van der Waals surface area contributed by atoms with Crippen molar-refractivity contribution in [2.24, 2.45) is 28.1 Å². The van der Waals surface area contributed by atoms with E-state index in [0.29, 0.717) is 17.3 Å². The van der Waals surface area contributed by atoms with E-state index in [1.807, 2.05) is 0 Å². The van der Waals surface area contributed by atoms with Crippen molar-refractivity contribution in [2.75, 3.05) is 0 Å². The van der Waals surface area contributed by atoms with E-state index in [9.17, 15) is 5.11 Å². The zero-order valence-corrected chi connectivity index (χ0v) is 14.2. The quantitative estimate of drug-likeness (QED) is 0.616. The molecule has 2 bridgehead atoms. The van der Waals surface area contributed by atoms with Crippen LogP contribution in [0.4, 0.5) is 0 Å². The number of aliphatic hydroxyl groups is 1. The summed E-state index contributed by atoms with van der Waals surface area (Å²) in [4.78, 5) is 0. The Balaban J connectivity index is 1.82. The Hall–Kier alpha value is -0.300. The minimum Gasteiger partial charge on any atom is -0.389 e. The number of hydrogen-bond acceptors (Lipinski definition) is 1. The summed E-state index contributed by atoms with van der Waals surface area (Å²) in [6, 6.07) is 0. The van der Waals surface area contributed by atoms with E-state index in [0.717, 1.165) is 12.8 Å². The zero-order valence-electron chi connectivity index (χ0n) is 14.2. The van der Waals surface area contributed by atoms with Gasteiger partial charge in [0.15, 0.2) is 0 Å². The van der Waals surface area contributed by atoms with Crippen LogP contribution in [0.1, 0.15) is 78.6 Å². The third kappa shape index (κ3) is 1.52. The van der Waals surface area contributed by atoms with Gasteiger partial charge in [-0.2, -0.15) is 0 Å². The molecule has 1 N–H and O–H groups in total. The van der Waals surface area contributed by atoms with Gasteiger partial charge < -0.3 is 5.11 Å². The molecule has 5 atom stereocenters. The molecule has 5 unspecified atom stereocenters. The van der Waals surface area contributed by atoms with E-state index in [2.05, 4.69) is 27.4 Å². The molecule has 0 aromatic rings. The predicted octanol–water partition coefficient (Wildman–Crippen LogP) is 5.09. The molecule has 1 spiro atoms. The van der Waals surface area contributed by atoms with Crippen LogP contribution < -0.4 is 0 Å². The van der Waals surface area contributed by atoms with Crippen LogP contribution in [0.25, 0.3) is 0 Å². The summed E-state index contributed by atoms with van der Waals surface area (Å²) in [5.74, 6) is 1.40. The normalized spacial score (nSPS) is 55.0. The lowest BCUT2D eigenvalue weighted by atomic mass is 9.39. The molecular formula is C20H32O. The van der Waals surface area contributed by atoms with Gasteiger partial charge in [-0.1, -0.05) is 39.3 Å². The summed E-state index contributed by atoms with van der Waals surface area (Å²) >= 11 is 0. The van der Waals surface area contributed by atoms with Gasteiger partial charge in [0, 0.05) is 10.8 Å². The Morgan fingerprint density at radius 1 is 1.05 bits per heavy atom. The topological polar surface area (TPSA) is 20.2 Å². The lowest BCUT2D eigenvalue weighted by molar-refractivity contribution is -0.260. The first-order valence-electron chi connectivity index (χ1n) is 9.14. The van der Waals surface area contributed by atoms with Crippen molar-refractivity contribution in [3.05, 3.63) is 12.2 Å². The number of allylic oxidation sites excluding steroid dienone is 1. The zero-order chi connectivity index (χ0) is 15.1. The highest BCUT2D eigenvalue weighted by Gasteiger charge is 2.70. The molecule has 118 valence electrons. The Bertz CT molecular complexity index is 492. The summed E-state index contributed by atoms with van der Waals surface area (Å²) < 4.78 is 0. The molecule has 4 aliphatic carbocycles. The Morgan fingerprint density at radius 2 is 1.81 bits per heavy atom. The molecule has 4 saturated carbocycles. The van der Waals surface area contributed by atoms with Crippen LogP contribution >= 0.6 is 0 Å². The third-order valence-electron chi connectivity index (χ3n) is 8.60. The van der Waals surface area contributed by atoms with Gasteiger partial charge in [0.25, 0.3) is 0 Å². The maximum Gasteiger partial charge on any atom is 0.0763 e. The Labute approximate surface area is 130 Å². The number of hydrogen-bond donors (Lipinski definition) is 1. The summed E-state index contributed by atoms with van der Waals surface area (Å²) in [6.07, 6.45) is 11.0. The van der Waals surface area contributed by atoms with Crippen LogP contribution in [0, 0.1) is 28.1 Å². The van der Waals surface area contributed by atoms with Crippen molar-refractivity contribution in [2.45, 2.75) is 84.2 Å². The molecule has 0 amide bonds. The molecule has 0 saturated heterocycles. The first-order valence-corrected chi connectivity index (χ1v) is 9.14. The molecule has 4 aliphatic rings. The first-order chi connectivity index (χ1) is 9.74. The van der Waals surface area contributed by atoms with Gasteiger partial charge in [-0.15, -0.1) is 0 Å². The first kappa shape index (κ1) is 14.3. The second-order valence-corrected chi connectivity index (χ2v) is 9.77. The van der Waals surface area contributed by atoms with E-state index in [-0.39, 0.29) is 10.8 Å². The summed E-state index contributed by atoms with van der Waals surface area (Å²) in [5, 5.41) is 12.0. The summed E-state index contributed by atoms with van der Waals surface area (Å²) in [6.45, 7) is 11.7. The maximum absolute atomic E-state index is 12.0. The van der Waals surface area contributed by atoms with E-state index in [1.165, 1.54) is 50.5 Å². The van der Waals surface area contributed by atoms with E-state index in [1.54, 1.807) is 0 Å². The van der Waals surface area contributed by atoms with Crippen LogP contribution in [-0.4, -0.2) is 10.7 Å². The average Bonchev–Trinajstić information content (AvgIpc) is 2.66. The van der Waals surface area contributed by atoms with E-state index >= 15 is 0 Å². The highest BCUT2D eigenvalue weighted by Crippen LogP contribution is 2.73. The highest BCUT2D eigenvalue weighted by molar-refractivity contribution is 5.27. The van der Waals surface area contributed by atoms with Crippen molar-refractivity contribution in [3.63, 3.8) is 0 Å². The van der Waals surface area contributed by atoms with Crippen LogP contribution in [0.3, 0.4) is 0 Å². The van der Waals surface area contributed by atoms with Crippen molar-refractivity contribution in [1.29, 1.82) is 0 Å². The van der Waals surface area contributed by atoms with Gasteiger partial charge in [-0.25, -0.2) is 0 Å². The number of rotatable bonds is 0. The minimum atomic E-state index is -0.434. The molecule has 0 radical (unpaired) electrons. The van der Waals surface area contributed by atoms with Crippen LogP contribution in [0.15, 0.2) is 12.2 Å². The minimum absolute atomic E-state index is 0.128. The highest BCUT2D eigenvalue weighted by atomic mass is 16.3. The van der Waals surface area contributed by atoms with Crippen LogP contribution in [0.2, 0.25) is 0 Å². The molecule has 0 aromatic heterocycles. The molecule has 1 nitrogen and oxygen atoms in total. The summed E-state index contributed by atoms with van der Waals surface area (Å²) in [5.41, 5.74) is 1.71. The third-order valence-corrected chi connectivity index (χ3v) is 8.60. The largest absolute Gasteiger partial charge is 0.389 e. The van der Waals surface area contributed by atoms with Crippen LogP contribution in [0.5, 0.6) is 0 Å². The van der Waals surface area contributed by atoms with Gasteiger partial charge in [-0.05, 0) is 68.6 Å². The SMILES string of the molecule is C=C1CC23CCC4C(C)(C)CCCC4(C)C2(O)CCC1C3. The van der Waals surface area contributed by atoms with Crippen molar-refractivity contribution in [1.82, 2.24) is 0 Å². The Kier molecular flexibility index (Phi) is 2.70. The van der Waals surface area contributed by atoms with Crippen LogP contribution in [-0.2, 0) is 0 Å². The molecule has 0 aliphatic heterocycles. The van der Waals surface area contributed by atoms with Gasteiger partial charge >= 0.3 is 0 Å². The molecule has 4 rings (SSSR count). The van der Waals surface area contributed by atoms with Gasteiger partial charge in [0.05, 0.1) is 5.60 Å². The fourth-order valence-corrected chi connectivity index (χ4v) is 7.57. The van der Waals surface area contributed by atoms with Crippen molar-refractivity contribution < 1.29 is 5.11 Å². The predicted molar refractivity (Wildman–Crippen MR) is 86.9 cm³/mol. The average molecular weight is 288 g/mol. The van der Waals surface area contributed by atoms with E-state index < -0.39 is 5.60 Å².